The lowest BCUT2D eigenvalue weighted by atomic mass is 10.1. The van der Waals surface area contributed by atoms with Gasteiger partial charge in [-0.3, -0.25) is 14.3 Å². The van der Waals surface area contributed by atoms with E-state index in [4.69, 9.17) is 5.10 Å². The molecule has 1 saturated heterocycles. The summed E-state index contributed by atoms with van der Waals surface area (Å²) in [7, 11) is 0. The minimum Gasteiger partial charge on any atom is -0.338 e. The van der Waals surface area contributed by atoms with Crippen LogP contribution in [0.25, 0.3) is 10.9 Å². The molecular formula is C22H25N5O2S. The second kappa shape index (κ2) is 7.83. The highest BCUT2D eigenvalue weighted by Crippen LogP contribution is 2.33. The van der Waals surface area contributed by atoms with Gasteiger partial charge in [-0.25, -0.2) is 0 Å². The number of hydrogen-bond donors (Lipinski definition) is 2. The molecule has 5 rings (SSSR count). The number of aromatic nitrogens is 3. The van der Waals surface area contributed by atoms with Crippen LogP contribution < -0.4 is 10.9 Å². The molecule has 2 aromatic heterocycles. The molecule has 1 saturated carbocycles. The molecule has 0 bridgehead atoms. The number of amides is 1. The van der Waals surface area contributed by atoms with Crippen LogP contribution in [0.2, 0.25) is 0 Å². The summed E-state index contributed by atoms with van der Waals surface area (Å²) in [6.45, 7) is 4.39. The van der Waals surface area contributed by atoms with Gasteiger partial charge in [0.2, 0.25) is 0 Å². The molecule has 1 amide bonds. The minimum absolute atomic E-state index is 0.0926. The van der Waals surface area contributed by atoms with Gasteiger partial charge in [0.15, 0.2) is 5.82 Å². The van der Waals surface area contributed by atoms with Crippen molar-refractivity contribution in [3.63, 3.8) is 0 Å². The predicted octanol–water partition coefficient (Wildman–Crippen LogP) is 3.38. The second-order valence-electron chi connectivity index (χ2n) is 8.10. The van der Waals surface area contributed by atoms with E-state index in [1.54, 1.807) is 6.20 Å². The number of aryl methyl sites for hydroxylation is 1. The number of benzene rings is 1. The Morgan fingerprint density at radius 1 is 1.27 bits per heavy atom. The van der Waals surface area contributed by atoms with Crippen LogP contribution in [0.3, 0.4) is 0 Å². The molecule has 30 heavy (non-hydrogen) atoms. The Bertz CT molecular complexity index is 1160. The van der Waals surface area contributed by atoms with Crippen LogP contribution >= 0.6 is 11.8 Å². The summed E-state index contributed by atoms with van der Waals surface area (Å²) >= 11 is 1.89. The van der Waals surface area contributed by atoms with Crippen molar-refractivity contribution in [1.29, 1.82) is 0 Å². The number of nitrogens with zero attached hydrogens (tertiary/aromatic N) is 3. The molecule has 7 nitrogen and oxygen atoms in total. The summed E-state index contributed by atoms with van der Waals surface area (Å²) in [6, 6.07) is 7.62. The minimum atomic E-state index is -0.150. The maximum absolute atomic E-state index is 12.9. The predicted molar refractivity (Wildman–Crippen MR) is 121 cm³/mol. The van der Waals surface area contributed by atoms with E-state index >= 15 is 0 Å². The largest absolute Gasteiger partial charge is 0.338 e. The van der Waals surface area contributed by atoms with Crippen LogP contribution in [0.5, 0.6) is 0 Å². The zero-order valence-electron chi connectivity index (χ0n) is 17.0. The third-order valence-corrected chi connectivity index (χ3v) is 6.76. The Kier molecular flexibility index (Phi) is 5.02. The Labute approximate surface area is 178 Å². The van der Waals surface area contributed by atoms with E-state index in [2.05, 4.69) is 10.3 Å². The van der Waals surface area contributed by atoms with E-state index in [0.717, 1.165) is 53.5 Å². The summed E-state index contributed by atoms with van der Waals surface area (Å²) in [5, 5.41) is 8.57. The van der Waals surface area contributed by atoms with Crippen molar-refractivity contribution in [3.05, 3.63) is 51.9 Å². The van der Waals surface area contributed by atoms with Crippen LogP contribution in [0, 0.1) is 12.8 Å². The SMILES string of the molecule is Cc1cc(Nc2nn(CC3CC3)c3cc[nH]c(=O)c23)ccc1C(=O)N1CCSCC1. The standard InChI is InChI=1S/C22H25N5O2S/c1-14-12-16(4-5-17(14)22(29)26-8-10-30-11-9-26)24-20-19-18(6-7-23-21(19)28)27(25-20)13-15-2-3-15/h4-7,12,15H,2-3,8-11,13H2,1H3,(H,23,28)(H,24,25). The van der Waals surface area contributed by atoms with Crippen LogP contribution in [0.15, 0.2) is 35.3 Å². The smallest absolute Gasteiger partial charge is 0.261 e. The first-order valence-electron chi connectivity index (χ1n) is 10.4. The lowest BCUT2D eigenvalue weighted by molar-refractivity contribution is 0.0771. The number of rotatable bonds is 5. The Morgan fingerprint density at radius 3 is 2.80 bits per heavy atom. The molecule has 2 fully saturated rings. The highest BCUT2D eigenvalue weighted by atomic mass is 32.2. The van der Waals surface area contributed by atoms with E-state index in [1.807, 2.05) is 52.5 Å². The zero-order valence-corrected chi connectivity index (χ0v) is 17.8. The molecule has 0 spiro atoms. The van der Waals surface area contributed by atoms with Crippen LogP contribution in [-0.4, -0.2) is 50.2 Å². The van der Waals surface area contributed by atoms with Gasteiger partial charge in [-0.05, 0) is 55.5 Å². The normalized spacial score (nSPS) is 16.8. The summed E-state index contributed by atoms with van der Waals surface area (Å²) in [4.78, 5) is 30.0. The van der Waals surface area contributed by atoms with Gasteiger partial charge >= 0.3 is 0 Å². The lowest BCUT2D eigenvalue weighted by Crippen LogP contribution is -2.38. The summed E-state index contributed by atoms with van der Waals surface area (Å²) in [5.74, 6) is 3.29. The maximum atomic E-state index is 12.9. The molecule has 3 aromatic rings. The van der Waals surface area contributed by atoms with Crippen molar-refractivity contribution < 1.29 is 4.79 Å². The number of pyridine rings is 1. The number of hydrogen-bond acceptors (Lipinski definition) is 5. The molecule has 0 radical (unpaired) electrons. The molecular weight excluding hydrogens is 398 g/mol. The Morgan fingerprint density at radius 2 is 2.07 bits per heavy atom. The van der Waals surface area contributed by atoms with Crippen molar-refractivity contribution >= 4 is 40.1 Å². The molecule has 0 unspecified atom stereocenters. The molecule has 156 valence electrons. The fourth-order valence-electron chi connectivity index (χ4n) is 3.96. The number of anilines is 2. The van der Waals surface area contributed by atoms with Gasteiger partial charge in [0.05, 0.1) is 5.52 Å². The number of H-pyrrole nitrogens is 1. The Balaban J connectivity index is 1.43. The molecule has 8 heteroatoms. The molecule has 1 aliphatic heterocycles. The first-order valence-corrected chi connectivity index (χ1v) is 11.6. The van der Waals surface area contributed by atoms with Gasteiger partial charge in [-0.1, -0.05) is 0 Å². The van der Waals surface area contributed by atoms with Crippen LogP contribution in [0.1, 0.15) is 28.8 Å². The van der Waals surface area contributed by atoms with E-state index < -0.39 is 0 Å². The number of nitrogens with one attached hydrogen (secondary N) is 2. The first kappa shape index (κ1) is 19.2. The van der Waals surface area contributed by atoms with Gasteiger partial charge in [-0.2, -0.15) is 16.9 Å². The number of fused-ring (bicyclic) bond motifs is 1. The van der Waals surface area contributed by atoms with Crippen molar-refractivity contribution in [2.45, 2.75) is 26.3 Å². The van der Waals surface area contributed by atoms with E-state index in [9.17, 15) is 9.59 Å². The fraction of sp³-hybridized carbons (Fsp3) is 0.409. The lowest BCUT2D eigenvalue weighted by Gasteiger charge is -2.27. The van der Waals surface area contributed by atoms with Gasteiger partial charge in [0.1, 0.15) is 5.39 Å². The van der Waals surface area contributed by atoms with Gasteiger partial charge in [-0.15, -0.1) is 0 Å². The number of carbonyl (C=O) groups excluding carboxylic acids is 1. The van der Waals surface area contributed by atoms with Crippen molar-refractivity contribution in [1.82, 2.24) is 19.7 Å². The quantitative estimate of drug-likeness (QED) is 0.657. The van der Waals surface area contributed by atoms with Gasteiger partial charge < -0.3 is 15.2 Å². The molecule has 3 heterocycles. The highest BCUT2D eigenvalue weighted by Gasteiger charge is 2.25. The summed E-state index contributed by atoms with van der Waals surface area (Å²) in [5.41, 5.74) is 3.16. The summed E-state index contributed by atoms with van der Waals surface area (Å²) < 4.78 is 1.93. The number of aromatic amines is 1. The number of carbonyl (C=O) groups is 1. The average molecular weight is 424 g/mol. The van der Waals surface area contributed by atoms with Crippen LogP contribution in [0.4, 0.5) is 11.5 Å². The topological polar surface area (TPSA) is 83.0 Å². The van der Waals surface area contributed by atoms with Crippen LogP contribution in [-0.2, 0) is 6.54 Å². The Hall–Kier alpha value is -2.74. The maximum Gasteiger partial charge on any atom is 0.261 e. The van der Waals surface area contributed by atoms with E-state index in [1.165, 1.54) is 12.8 Å². The van der Waals surface area contributed by atoms with E-state index in [-0.39, 0.29) is 11.5 Å². The van der Waals surface area contributed by atoms with Crippen molar-refractivity contribution in [2.75, 3.05) is 29.9 Å². The number of thioether (sulfide) groups is 1. The molecule has 2 aliphatic rings. The third kappa shape index (κ3) is 3.71. The zero-order chi connectivity index (χ0) is 20.7. The third-order valence-electron chi connectivity index (χ3n) is 5.82. The summed E-state index contributed by atoms with van der Waals surface area (Å²) in [6.07, 6.45) is 4.11. The first-order chi connectivity index (χ1) is 14.6. The monoisotopic (exact) mass is 423 g/mol. The van der Waals surface area contributed by atoms with Gasteiger partial charge in [0, 0.05) is 48.6 Å². The molecule has 2 N–H and O–H groups in total. The van der Waals surface area contributed by atoms with Crippen molar-refractivity contribution in [2.24, 2.45) is 5.92 Å². The molecule has 1 aromatic carbocycles. The fourth-order valence-corrected chi connectivity index (χ4v) is 4.87. The van der Waals surface area contributed by atoms with Crippen molar-refractivity contribution in [3.8, 4) is 0 Å². The average Bonchev–Trinajstić information content (AvgIpc) is 3.50. The van der Waals surface area contributed by atoms with E-state index in [0.29, 0.717) is 17.1 Å². The molecule has 1 aliphatic carbocycles. The highest BCUT2D eigenvalue weighted by molar-refractivity contribution is 7.99. The second-order valence-corrected chi connectivity index (χ2v) is 9.33. The van der Waals surface area contributed by atoms with Gasteiger partial charge in [0.25, 0.3) is 11.5 Å². The molecule has 0 atom stereocenters.